The third-order valence-electron chi connectivity index (χ3n) is 4.70. The summed E-state index contributed by atoms with van der Waals surface area (Å²) in [4.78, 5) is 39.5. The van der Waals surface area contributed by atoms with Gasteiger partial charge in [0.1, 0.15) is 6.54 Å². The van der Waals surface area contributed by atoms with Gasteiger partial charge in [0.15, 0.2) is 0 Å². The number of nitrogens with zero attached hydrogens (tertiary/aromatic N) is 3. The fourth-order valence-electron chi connectivity index (χ4n) is 3.39. The Morgan fingerprint density at radius 3 is 2.12 bits per heavy atom. The first-order valence-electron chi connectivity index (χ1n) is 8.74. The van der Waals surface area contributed by atoms with Gasteiger partial charge in [-0.05, 0) is 25.0 Å². The van der Waals surface area contributed by atoms with Crippen molar-refractivity contribution in [3.05, 3.63) is 57.6 Å². The zero-order valence-electron chi connectivity index (χ0n) is 14.3. The number of carbonyl (C=O) groups is 1. The van der Waals surface area contributed by atoms with E-state index < -0.39 is 11.1 Å². The van der Waals surface area contributed by atoms with Crippen LogP contribution in [0.2, 0.25) is 0 Å². The zero-order valence-corrected chi connectivity index (χ0v) is 14.3. The highest BCUT2D eigenvalue weighted by atomic mass is 16.2. The van der Waals surface area contributed by atoms with Gasteiger partial charge in [0.05, 0.1) is 11.0 Å². The van der Waals surface area contributed by atoms with Crippen molar-refractivity contribution in [1.29, 1.82) is 0 Å². The third-order valence-corrected chi connectivity index (χ3v) is 4.70. The Kier molecular flexibility index (Phi) is 5.16. The Morgan fingerprint density at radius 1 is 0.960 bits per heavy atom. The van der Waals surface area contributed by atoms with Gasteiger partial charge in [-0.1, -0.05) is 31.1 Å². The highest BCUT2D eigenvalue weighted by molar-refractivity contribution is 5.80. The number of hydrogen-bond donors (Lipinski definition) is 0. The van der Waals surface area contributed by atoms with Crippen LogP contribution in [0.5, 0.6) is 0 Å². The molecule has 25 heavy (non-hydrogen) atoms. The number of aromatic nitrogens is 2. The molecule has 2 aromatic rings. The summed E-state index contributed by atoms with van der Waals surface area (Å²) in [6, 6.07) is 7.17. The molecule has 132 valence electrons. The van der Waals surface area contributed by atoms with Gasteiger partial charge in [0.25, 0.3) is 0 Å². The van der Waals surface area contributed by atoms with E-state index in [2.05, 4.69) is 6.58 Å². The molecule has 1 aliphatic rings. The van der Waals surface area contributed by atoms with E-state index in [4.69, 9.17) is 0 Å². The van der Waals surface area contributed by atoms with Gasteiger partial charge in [0.2, 0.25) is 5.91 Å². The number of likely N-dealkylation sites (tertiary alicyclic amines) is 1. The SMILES string of the molecule is C=CCn1c(=O)c(=O)n(CC(=O)N2CCCCCC2)c2ccccc21. The largest absolute Gasteiger partial charge is 0.341 e. The van der Waals surface area contributed by atoms with Crippen LogP contribution in [0.15, 0.2) is 46.5 Å². The van der Waals surface area contributed by atoms with Crippen LogP contribution >= 0.6 is 0 Å². The molecule has 1 amide bonds. The molecule has 0 unspecified atom stereocenters. The molecule has 6 heteroatoms. The highest BCUT2D eigenvalue weighted by Gasteiger charge is 2.19. The molecule has 0 atom stereocenters. The number of amides is 1. The van der Waals surface area contributed by atoms with E-state index in [0.717, 1.165) is 38.8 Å². The minimum atomic E-state index is -0.663. The Labute approximate surface area is 146 Å². The Hall–Kier alpha value is -2.63. The number of allylic oxidation sites excluding steroid dienone is 1. The predicted octanol–water partition coefficient (Wildman–Crippen LogP) is 1.75. The number of fused-ring (bicyclic) bond motifs is 1. The van der Waals surface area contributed by atoms with Crippen LogP contribution in [0.25, 0.3) is 11.0 Å². The van der Waals surface area contributed by atoms with E-state index in [-0.39, 0.29) is 19.0 Å². The summed E-state index contributed by atoms with van der Waals surface area (Å²) in [7, 11) is 0. The van der Waals surface area contributed by atoms with Crippen molar-refractivity contribution in [2.45, 2.75) is 38.8 Å². The predicted molar refractivity (Wildman–Crippen MR) is 97.7 cm³/mol. The lowest BCUT2D eigenvalue weighted by Gasteiger charge is -2.21. The van der Waals surface area contributed by atoms with Crippen molar-refractivity contribution in [1.82, 2.24) is 14.0 Å². The number of hydrogen-bond acceptors (Lipinski definition) is 3. The van der Waals surface area contributed by atoms with E-state index in [1.54, 1.807) is 24.3 Å². The third kappa shape index (κ3) is 3.43. The summed E-state index contributed by atoms with van der Waals surface area (Å²) >= 11 is 0. The fourth-order valence-corrected chi connectivity index (χ4v) is 3.39. The normalized spacial score (nSPS) is 15.1. The smallest absolute Gasteiger partial charge is 0.317 e. The van der Waals surface area contributed by atoms with E-state index in [1.165, 1.54) is 9.13 Å². The van der Waals surface area contributed by atoms with Crippen molar-refractivity contribution in [3.63, 3.8) is 0 Å². The monoisotopic (exact) mass is 341 g/mol. The van der Waals surface area contributed by atoms with Crippen LogP contribution in [0.3, 0.4) is 0 Å². The summed E-state index contributed by atoms with van der Waals surface area (Å²) < 4.78 is 2.71. The molecule has 1 saturated heterocycles. The van der Waals surface area contributed by atoms with Crippen molar-refractivity contribution >= 4 is 16.9 Å². The van der Waals surface area contributed by atoms with Crippen molar-refractivity contribution in [2.24, 2.45) is 0 Å². The fraction of sp³-hybridized carbons (Fsp3) is 0.421. The van der Waals surface area contributed by atoms with Gasteiger partial charge in [-0.25, -0.2) is 0 Å². The van der Waals surface area contributed by atoms with Crippen molar-refractivity contribution in [3.8, 4) is 0 Å². The molecule has 0 radical (unpaired) electrons. The molecule has 0 N–H and O–H groups in total. The first-order chi connectivity index (χ1) is 12.1. The molecule has 3 rings (SSSR count). The lowest BCUT2D eigenvalue weighted by atomic mass is 10.2. The Bertz CT molecular complexity index is 902. The standard InChI is InChI=1S/C19H23N3O3/c1-2-11-21-15-9-5-6-10-16(15)22(19(25)18(21)24)14-17(23)20-12-7-3-4-8-13-20/h2,5-6,9-10H,1,3-4,7-8,11-14H2. The molecular weight excluding hydrogens is 318 g/mol. The molecule has 1 aliphatic heterocycles. The van der Waals surface area contributed by atoms with Crippen LogP contribution in [0, 0.1) is 0 Å². The zero-order chi connectivity index (χ0) is 17.8. The number of benzene rings is 1. The van der Waals surface area contributed by atoms with Gasteiger partial charge in [-0.2, -0.15) is 0 Å². The van der Waals surface area contributed by atoms with E-state index in [9.17, 15) is 14.4 Å². The molecule has 1 aromatic heterocycles. The molecule has 6 nitrogen and oxygen atoms in total. The molecule has 0 bridgehead atoms. The maximum absolute atomic E-state index is 12.7. The van der Waals surface area contributed by atoms with Gasteiger partial charge < -0.3 is 4.90 Å². The maximum atomic E-state index is 12.7. The van der Waals surface area contributed by atoms with E-state index >= 15 is 0 Å². The highest BCUT2D eigenvalue weighted by Crippen LogP contribution is 2.13. The van der Waals surface area contributed by atoms with Gasteiger partial charge in [-0.15, -0.1) is 6.58 Å². The molecule has 0 spiro atoms. The second kappa shape index (κ2) is 7.51. The average molecular weight is 341 g/mol. The summed E-state index contributed by atoms with van der Waals surface area (Å²) in [5.74, 6) is -0.102. The number of rotatable bonds is 4. The van der Waals surface area contributed by atoms with E-state index in [0.29, 0.717) is 11.0 Å². The second-order valence-electron chi connectivity index (χ2n) is 6.38. The van der Waals surface area contributed by atoms with E-state index in [1.807, 2.05) is 11.0 Å². The van der Waals surface area contributed by atoms with Gasteiger partial charge in [0, 0.05) is 19.6 Å². The van der Waals surface area contributed by atoms with Crippen LogP contribution < -0.4 is 11.1 Å². The average Bonchev–Trinajstić information content (AvgIpc) is 2.91. The first kappa shape index (κ1) is 17.2. The molecular formula is C19H23N3O3. The number of para-hydroxylation sites is 2. The lowest BCUT2D eigenvalue weighted by Crippen LogP contribution is -2.44. The van der Waals surface area contributed by atoms with Crippen LogP contribution in [-0.2, 0) is 17.9 Å². The topological polar surface area (TPSA) is 64.3 Å². The lowest BCUT2D eigenvalue weighted by molar-refractivity contribution is -0.131. The molecule has 0 saturated carbocycles. The van der Waals surface area contributed by atoms with Crippen LogP contribution in [0.1, 0.15) is 25.7 Å². The molecule has 1 fully saturated rings. The van der Waals surface area contributed by atoms with Crippen LogP contribution in [-0.4, -0.2) is 33.0 Å². The summed E-state index contributed by atoms with van der Waals surface area (Å²) in [6.07, 6.45) is 5.82. The maximum Gasteiger partial charge on any atom is 0.317 e. The summed E-state index contributed by atoms with van der Waals surface area (Å²) in [5, 5.41) is 0. The van der Waals surface area contributed by atoms with Gasteiger partial charge in [-0.3, -0.25) is 23.5 Å². The first-order valence-corrected chi connectivity index (χ1v) is 8.74. The molecule has 2 heterocycles. The van der Waals surface area contributed by atoms with Crippen molar-refractivity contribution < 1.29 is 4.79 Å². The minimum absolute atomic E-state index is 0.0937. The molecule has 0 aliphatic carbocycles. The molecule has 1 aromatic carbocycles. The quantitative estimate of drug-likeness (QED) is 0.629. The Morgan fingerprint density at radius 2 is 1.52 bits per heavy atom. The van der Waals surface area contributed by atoms with Crippen LogP contribution in [0.4, 0.5) is 0 Å². The minimum Gasteiger partial charge on any atom is -0.341 e. The second-order valence-corrected chi connectivity index (χ2v) is 6.38. The van der Waals surface area contributed by atoms with Gasteiger partial charge >= 0.3 is 11.1 Å². The Balaban J connectivity index is 2.04. The summed E-state index contributed by atoms with van der Waals surface area (Å²) in [6.45, 7) is 5.25. The van der Waals surface area contributed by atoms with Crippen molar-refractivity contribution in [2.75, 3.05) is 13.1 Å². The number of carbonyl (C=O) groups excluding carboxylic acids is 1. The summed E-state index contributed by atoms with van der Waals surface area (Å²) in [5.41, 5.74) is -0.0567.